The molecule has 1 N–H and O–H groups in total. The van der Waals surface area contributed by atoms with Crippen molar-refractivity contribution in [2.24, 2.45) is 7.05 Å². The molecule has 0 unspecified atom stereocenters. The molecule has 0 aliphatic carbocycles. The van der Waals surface area contributed by atoms with Crippen LogP contribution in [0.15, 0.2) is 18.6 Å². The number of halogens is 5. The molecule has 2 atom stereocenters. The first-order valence-electron chi connectivity index (χ1n) is 8.90. The molecule has 5 rings (SSSR count). The van der Waals surface area contributed by atoms with Crippen molar-refractivity contribution in [1.82, 2.24) is 39.1 Å². The van der Waals surface area contributed by atoms with Gasteiger partial charge in [0.05, 0.1) is 11.6 Å². The molecular formula is C16H14F5N9. The summed E-state index contributed by atoms with van der Waals surface area (Å²) in [5.41, 5.74) is 1.04. The van der Waals surface area contributed by atoms with E-state index in [4.69, 9.17) is 0 Å². The number of nitrogens with one attached hydrogen (secondary N) is 1. The van der Waals surface area contributed by atoms with Crippen LogP contribution in [0, 0.1) is 0 Å². The molecule has 0 saturated heterocycles. The minimum Gasteiger partial charge on any atom is -0.368 e. The Hall–Kier alpha value is -3.32. The first kappa shape index (κ1) is 18.7. The number of hydrogen-bond acceptors (Lipinski definition) is 6. The lowest BCUT2D eigenvalue weighted by Gasteiger charge is -2.35. The number of hydrogen-bond donors (Lipinski definition) is 1. The fourth-order valence-corrected chi connectivity index (χ4v) is 3.63. The summed E-state index contributed by atoms with van der Waals surface area (Å²) in [6.45, 7) is 1.53. The number of aryl methyl sites for hydroxylation is 1. The van der Waals surface area contributed by atoms with Crippen molar-refractivity contribution in [3.8, 4) is 11.5 Å². The van der Waals surface area contributed by atoms with Crippen LogP contribution in [0.2, 0.25) is 0 Å². The molecule has 0 bridgehead atoms. The highest BCUT2D eigenvalue weighted by Crippen LogP contribution is 2.48. The van der Waals surface area contributed by atoms with E-state index in [0.29, 0.717) is 21.4 Å². The van der Waals surface area contributed by atoms with Crippen LogP contribution >= 0.6 is 0 Å². The normalized spacial score (nSPS) is 20.0. The van der Waals surface area contributed by atoms with E-state index < -0.39 is 30.6 Å². The van der Waals surface area contributed by atoms with Gasteiger partial charge in [-0.2, -0.15) is 32.1 Å². The Morgan fingerprint density at radius 1 is 1.13 bits per heavy atom. The van der Waals surface area contributed by atoms with E-state index in [1.165, 1.54) is 23.8 Å². The van der Waals surface area contributed by atoms with Crippen molar-refractivity contribution in [1.29, 1.82) is 0 Å². The van der Waals surface area contributed by atoms with Crippen LogP contribution in [-0.2, 0) is 7.05 Å². The van der Waals surface area contributed by atoms with Crippen molar-refractivity contribution in [2.45, 2.75) is 37.5 Å². The van der Waals surface area contributed by atoms with Gasteiger partial charge in [0.1, 0.15) is 23.9 Å². The topological polar surface area (TPSA) is 90.8 Å². The predicted molar refractivity (Wildman–Crippen MR) is 94.0 cm³/mol. The lowest BCUT2D eigenvalue weighted by atomic mass is 9.99. The van der Waals surface area contributed by atoms with Crippen LogP contribution in [-0.4, -0.2) is 57.3 Å². The average Bonchev–Trinajstić information content (AvgIpc) is 3.35. The molecule has 0 spiro atoms. The largest absolute Gasteiger partial charge is 0.455 e. The highest BCUT2D eigenvalue weighted by atomic mass is 19.4. The monoisotopic (exact) mass is 427 g/mol. The number of aromatic nitrogens is 8. The second-order valence-electron chi connectivity index (χ2n) is 7.23. The summed E-state index contributed by atoms with van der Waals surface area (Å²) in [4.78, 5) is 8.59. The molecule has 0 amide bonds. The third kappa shape index (κ3) is 2.55. The van der Waals surface area contributed by atoms with Crippen LogP contribution in [0.25, 0.3) is 28.2 Å². The Morgan fingerprint density at radius 3 is 2.63 bits per heavy atom. The predicted octanol–water partition coefficient (Wildman–Crippen LogP) is 2.82. The Labute approximate surface area is 164 Å². The van der Waals surface area contributed by atoms with E-state index >= 15 is 0 Å². The number of fused-ring (bicyclic) bond motifs is 4. The van der Waals surface area contributed by atoms with Crippen molar-refractivity contribution in [3.63, 3.8) is 0 Å². The lowest BCUT2D eigenvalue weighted by Crippen LogP contribution is -2.48. The zero-order valence-electron chi connectivity index (χ0n) is 15.6. The molecule has 5 heterocycles. The van der Waals surface area contributed by atoms with Gasteiger partial charge in [-0.25, -0.2) is 19.2 Å². The van der Waals surface area contributed by atoms with Crippen LogP contribution in [0.1, 0.15) is 19.4 Å². The van der Waals surface area contributed by atoms with Gasteiger partial charge < -0.3 is 5.32 Å². The zero-order chi connectivity index (χ0) is 21.4. The van der Waals surface area contributed by atoms with Crippen molar-refractivity contribution in [2.75, 3.05) is 5.32 Å². The number of alkyl halides is 5. The van der Waals surface area contributed by atoms with Gasteiger partial charge in [-0.05, 0) is 13.3 Å². The smallest absolute Gasteiger partial charge is 0.368 e. The first-order chi connectivity index (χ1) is 14.1. The second kappa shape index (κ2) is 5.86. The molecule has 1 aliphatic heterocycles. The molecule has 1 aliphatic rings. The summed E-state index contributed by atoms with van der Waals surface area (Å²) in [5, 5.41) is 15.8. The van der Waals surface area contributed by atoms with Gasteiger partial charge >= 0.3 is 12.1 Å². The minimum atomic E-state index is -5.70. The van der Waals surface area contributed by atoms with Gasteiger partial charge in [-0.1, -0.05) is 0 Å². The maximum atomic E-state index is 14.2. The molecule has 9 nitrogen and oxygen atoms in total. The molecule has 158 valence electrons. The fourth-order valence-electron chi connectivity index (χ4n) is 3.63. The van der Waals surface area contributed by atoms with Gasteiger partial charge in [0, 0.05) is 19.2 Å². The van der Waals surface area contributed by atoms with Gasteiger partial charge in [0.15, 0.2) is 11.3 Å². The quantitative estimate of drug-likeness (QED) is 0.495. The number of rotatable bonds is 2. The van der Waals surface area contributed by atoms with Crippen LogP contribution < -0.4 is 5.32 Å². The van der Waals surface area contributed by atoms with E-state index in [-0.39, 0.29) is 17.3 Å². The molecule has 0 saturated carbocycles. The maximum Gasteiger partial charge on any atom is 0.455 e. The summed E-state index contributed by atoms with van der Waals surface area (Å²) in [6, 6.07) is -1.42. The molecule has 14 heteroatoms. The molecule has 0 radical (unpaired) electrons. The summed E-state index contributed by atoms with van der Waals surface area (Å²) in [7, 11) is 1.71. The summed E-state index contributed by atoms with van der Waals surface area (Å²) >= 11 is 0. The fraction of sp³-hybridized carbons (Fsp3) is 0.438. The van der Waals surface area contributed by atoms with Gasteiger partial charge in [0.25, 0.3) is 0 Å². The average molecular weight is 427 g/mol. The van der Waals surface area contributed by atoms with Gasteiger partial charge in [0.2, 0.25) is 5.82 Å². The standard InChI is InChI=1S/C16H14F5N9/c1-7-3-10(15(17,18)16(19,20)21)30-11(24-7)4-9(26-30)12-25-14-8-5-23-28(2)13(8)22-6-29(14)27-12/h4-7,10,24H,3H2,1-2H3/t7-,10-/m1/s1. The summed E-state index contributed by atoms with van der Waals surface area (Å²) in [5.74, 6) is -4.83. The van der Waals surface area contributed by atoms with Gasteiger partial charge in [-0.3, -0.25) is 4.68 Å². The van der Waals surface area contributed by atoms with E-state index in [0.717, 1.165) is 0 Å². The van der Waals surface area contributed by atoms with E-state index in [1.54, 1.807) is 17.9 Å². The lowest BCUT2D eigenvalue weighted by molar-refractivity contribution is -0.301. The Morgan fingerprint density at radius 2 is 1.90 bits per heavy atom. The Kier molecular flexibility index (Phi) is 3.65. The molecule has 0 aromatic carbocycles. The van der Waals surface area contributed by atoms with Gasteiger partial charge in [-0.15, -0.1) is 5.10 Å². The Bertz CT molecular complexity index is 1270. The number of anilines is 1. The van der Waals surface area contributed by atoms with E-state index in [2.05, 4.69) is 30.6 Å². The van der Waals surface area contributed by atoms with Crippen LogP contribution in [0.3, 0.4) is 0 Å². The highest BCUT2D eigenvalue weighted by Gasteiger charge is 2.64. The van der Waals surface area contributed by atoms with Crippen molar-refractivity contribution >= 4 is 22.5 Å². The van der Waals surface area contributed by atoms with E-state index in [1.807, 2.05) is 0 Å². The second-order valence-corrected chi connectivity index (χ2v) is 7.23. The molecule has 0 fully saturated rings. The first-order valence-corrected chi connectivity index (χ1v) is 8.90. The maximum absolute atomic E-state index is 14.2. The van der Waals surface area contributed by atoms with Crippen LogP contribution in [0.4, 0.5) is 27.8 Å². The third-order valence-electron chi connectivity index (χ3n) is 5.10. The molecular weight excluding hydrogens is 413 g/mol. The molecule has 4 aromatic rings. The molecule has 4 aromatic heterocycles. The zero-order valence-corrected chi connectivity index (χ0v) is 15.6. The minimum absolute atomic E-state index is 0.0428. The summed E-state index contributed by atoms with van der Waals surface area (Å²) in [6.07, 6.45) is -3.18. The highest BCUT2D eigenvalue weighted by molar-refractivity contribution is 5.88. The Balaban J connectivity index is 1.62. The molecule has 30 heavy (non-hydrogen) atoms. The van der Waals surface area contributed by atoms with Crippen molar-refractivity contribution < 1.29 is 22.0 Å². The van der Waals surface area contributed by atoms with E-state index in [9.17, 15) is 22.0 Å². The van der Waals surface area contributed by atoms with Crippen molar-refractivity contribution in [3.05, 3.63) is 18.6 Å². The SMILES string of the molecule is C[C@@H]1C[C@H](C(F)(F)C(F)(F)F)n2nc(-c3nc4c5cnn(C)c5ncn4n3)cc2N1. The summed E-state index contributed by atoms with van der Waals surface area (Å²) < 4.78 is 70.9. The van der Waals surface area contributed by atoms with Crippen LogP contribution in [0.5, 0.6) is 0 Å². The number of nitrogens with zero attached hydrogens (tertiary/aromatic N) is 8. The third-order valence-corrected chi connectivity index (χ3v) is 5.10.